The number of hydrogen-bond acceptors (Lipinski definition) is 4. The van der Waals surface area contributed by atoms with Gasteiger partial charge in [-0.3, -0.25) is 4.79 Å². The van der Waals surface area contributed by atoms with Crippen LogP contribution in [0, 0.1) is 0 Å². The van der Waals surface area contributed by atoms with Crippen LogP contribution in [-0.4, -0.2) is 47.7 Å². The molecule has 0 saturated carbocycles. The fraction of sp³-hybridized carbons (Fsp3) is 0.385. The van der Waals surface area contributed by atoms with Crippen molar-refractivity contribution in [3.8, 4) is 0 Å². The topological polar surface area (TPSA) is 66.8 Å². The van der Waals surface area contributed by atoms with E-state index in [-0.39, 0.29) is 12.0 Å². The average molecular weight is 281 g/mol. The number of rotatable bonds is 3. The van der Waals surface area contributed by atoms with Crippen molar-refractivity contribution in [3.05, 3.63) is 28.0 Å². The summed E-state index contributed by atoms with van der Waals surface area (Å²) >= 11 is 1.30. The van der Waals surface area contributed by atoms with Crippen LogP contribution >= 0.6 is 11.3 Å². The molecule has 1 saturated heterocycles. The first-order valence-electron chi connectivity index (χ1n) is 5.98. The van der Waals surface area contributed by atoms with Gasteiger partial charge in [-0.25, -0.2) is 4.79 Å². The molecule has 0 aromatic carbocycles. The number of carboxylic acids is 1. The van der Waals surface area contributed by atoms with E-state index in [1.54, 1.807) is 17.0 Å². The van der Waals surface area contributed by atoms with Gasteiger partial charge < -0.3 is 14.7 Å². The Morgan fingerprint density at radius 2 is 2.32 bits per heavy atom. The quantitative estimate of drug-likeness (QED) is 0.856. The minimum Gasteiger partial charge on any atom is -0.478 e. The van der Waals surface area contributed by atoms with Gasteiger partial charge in [-0.15, -0.1) is 11.3 Å². The van der Waals surface area contributed by atoms with Gasteiger partial charge in [0.25, 0.3) is 5.91 Å². The molecule has 1 aromatic heterocycles. The van der Waals surface area contributed by atoms with E-state index in [0.29, 0.717) is 24.6 Å². The minimum atomic E-state index is -0.997. The molecule has 1 aliphatic heterocycles. The molecule has 2 heterocycles. The summed E-state index contributed by atoms with van der Waals surface area (Å²) in [6.07, 6.45) is 2.62. The Morgan fingerprint density at radius 1 is 1.53 bits per heavy atom. The Morgan fingerprint density at radius 3 is 3.00 bits per heavy atom. The van der Waals surface area contributed by atoms with Crippen molar-refractivity contribution in [2.75, 3.05) is 19.7 Å². The second-order valence-corrected chi connectivity index (χ2v) is 5.42. The molecule has 2 rings (SSSR count). The molecule has 0 bridgehead atoms. The van der Waals surface area contributed by atoms with Crippen molar-refractivity contribution in [2.24, 2.45) is 0 Å². The SMILES string of the molecule is CC1CN(C(=O)c2ccc(C=CC(=O)O)s2)CCO1. The molecule has 1 amide bonds. The molecule has 1 N–H and O–H groups in total. The maximum atomic E-state index is 12.2. The summed E-state index contributed by atoms with van der Waals surface area (Å²) in [5, 5.41) is 8.55. The lowest BCUT2D eigenvalue weighted by atomic mass is 10.3. The Hall–Kier alpha value is -1.66. The van der Waals surface area contributed by atoms with E-state index in [1.807, 2.05) is 6.92 Å². The van der Waals surface area contributed by atoms with Crippen LogP contribution in [0.3, 0.4) is 0 Å². The molecule has 19 heavy (non-hydrogen) atoms. The van der Waals surface area contributed by atoms with Gasteiger partial charge in [0, 0.05) is 24.0 Å². The summed E-state index contributed by atoms with van der Waals surface area (Å²) in [6, 6.07) is 3.48. The number of carboxylic acid groups (broad SMARTS) is 1. The van der Waals surface area contributed by atoms with Gasteiger partial charge in [-0.05, 0) is 25.1 Å². The standard InChI is InChI=1S/C13H15NO4S/c1-9-8-14(6-7-18-9)13(17)11-4-2-10(19-11)3-5-12(15)16/h2-5,9H,6-8H2,1H3,(H,15,16). The zero-order valence-corrected chi connectivity index (χ0v) is 11.4. The fourth-order valence-corrected chi connectivity index (χ4v) is 2.75. The third kappa shape index (κ3) is 3.65. The second kappa shape index (κ2) is 5.99. The van der Waals surface area contributed by atoms with Crippen molar-refractivity contribution < 1.29 is 19.4 Å². The number of hydrogen-bond donors (Lipinski definition) is 1. The molecule has 102 valence electrons. The number of carbonyl (C=O) groups is 2. The van der Waals surface area contributed by atoms with Crippen molar-refractivity contribution in [1.82, 2.24) is 4.90 Å². The zero-order valence-electron chi connectivity index (χ0n) is 10.5. The summed E-state index contributed by atoms with van der Waals surface area (Å²) in [7, 11) is 0. The predicted molar refractivity (Wildman–Crippen MR) is 72.3 cm³/mol. The Labute approximate surface area is 115 Å². The molecule has 1 aromatic rings. The molecule has 6 heteroatoms. The number of ether oxygens (including phenoxy) is 1. The number of carbonyl (C=O) groups excluding carboxylic acids is 1. The van der Waals surface area contributed by atoms with Crippen LogP contribution in [0.25, 0.3) is 6.08 Å². The van der Waals surface area contributed by atoms with Crippen LogP contribution < -0.4 is 0 Å². The fourth-order valence-electron chi connectivity index (χ4n) is 1.87. The number of morpholine rings is 1. The normalized spacial score (nSPS) is 19.8. The van der Waals surface area contributed by atoms with Gasteiger partial charge in [0.2, 0.25) is 0 Å². The third-order valence-electron chi connectivity index (χ3n) is 2.76. The Bertz CT molecular complexity index is 508. The van der Waals surface area contributed by atoms with Crippen molar-refractivity contribution in [2.45, 2.75) is 13.0 Å². The lowest BCUT2D eigenvalue weighted by molar-refractivity contribution is -0.131. The maximum Gasteiger partial charge on any atom is 0.328 e. The first-order valence-corrected chi connectivity index (χ1v) is 6.79. The molecule has 0 spiro atoms. The van der Waals surface area contributed by atoms with E-state index < -0.39 is 5.97 Å². The molecule has 1 unspecified atom stereocenters. The molecular weight excluding hydrogens is 266 g/mol. The summed E-state index contributed by atoms with van der Waals surface area (Å²) < 4.78 is 5.40. The lowest BCUT2D eigenvalue weighted by Gasteiger charge is -2.30. The predicted octanol–water partition coefficient (Wildman–Crippen LogP) is 1.71. The van der Waals surface area contributed by atoms with E-state index in [0.717, 1.165) is 11.0 Å². The maximum absolute atomic E-state index is 12.2. The lowest BCUT2D eigenvalue weighted by Crippen LogP contribution is -2.44. The van der Waals surface area contributed by atoms with Gasteiger partial charge in [0.05, 0.1) is 17.6 Å². The van der Waals surface area contributed by atoms with Crippen molar-refractivity contribution in [1.29, 1.82) is 0 Å². The number of aliphatic carboxylic acids is 1. The number of thiophene rings is 1. The first-order chi connectivity index (χ1) is 9.06. The zero-order chi connectivity index (χ0) is 13.8. The molecular formula is C13H15NO4S. The van der Waals surface area contributed by atoms with Crippen LogP contribution in [0.4, 0.5) is 0 Å². The van der Waals surface area contributed by atoms with Gasteiger partial charge in [0.15, 0.2) is 0 Å². The van der Waals surface area contributed by atoms with Gasteiger partial charge in [-0.1, -0.05) is 0 Å². The molecule has 1 fully saturated rings. The average Bonchev–Trinajstić information content (AvgIpc) is 2.84. The summed E-state index contributed by atoms with van der Waals surface area (Å²) in [5.74, 6) is -1.02. The van der Waals surface area contributed by atoms with Crippen LogP contribution in [0.2, 0.25) is 0 Å². The Balaban J connectivity index is 2.05. The highest BCUT2D eigenvalue weighted by Gasteiger charge is 2.23. The van der Waals surface area contributed by atoms with E-state index in [9.17, 15) is 9.59 Å². The largest absolute Gasteiger partial charge is 0.478 e. The van der Waals surface area contributed by atoms with Gasteiger partial charge in [-0.2, -0.15) is 0 Å². The van der Waals surface area contributed by atoms with Crippen LogP contribution in [0.15, 0.2) is 18.2 Å². The van der Waals surface area contributed by atoms with Crippen LogP contribution in [0.5, 0.6) is 0 Å². The highest BCUT2D eigenvalue weighted by atomic mass is 32.1. The highest BCUT2D eigenvalue weighted by Crippen LogP contribution is 2.20. The van der Waals surface area contributed by atoms with Gasteiger partial charge in [0.1, 0.15) is 0 Å². The van der Waals surface area contributed by atoms with E-state index in [1.165, 1.54) is 17.4 Å². The summed E-state index contributed by atoms with van der Waals surface area (Å²) in [5.41, 5.74) is 0. The van der Waals surface area contributed by atoms with E-state index >= 15 is 0 Å². The molecule has 0 aliphatic carbocycles. The first kappa shape index (κ1) is 13.8. The Kier molecular flexibility index (Phi) is 4.34. The van der Waals surface area contributed by atoms with E-state index in [4.69, 9.17) is 9.84 Å². The minimum absolute atomic E-state index is 0.0184. The van der Waals surface area contributed by atoms with Crippen molar-refractivity contribution in [3.63, 3.8) is 0 Å². The van der Waals surface area contributed by atoms with Crippen LogP contribution in [0.1, 0.15) is 21.5 Å². The monoisotopic (exact) mass is 281 g/mol. The summed E-state index contributed by atoms with van der Waals surface area (Å²) in [6.45, 7) is 3.69. The van der Waals surface area contributed by atoms with Crippen LogP contribution in [-0.2, 0) is 9.53 Å². The number of amides is 1. The molecule has 1 aliphatic rings. The second-order valence-electron chi connectivity index (χ2n) is 4.31. The van der Waals surface area contributed by atoms with Gasteiger partial charge >= 0.3 is 5.97 Å². The third-order valence-corrected chi connectivity index (χ3v) is 3.79. The van der Waals surface area contributed by atoms with E-state index in [2.05, 4.69) is 0 Å². The summed E-state index contributed by atoms with van der Waals surface area (Å²) in [4.78, 5) is 25.8. The number of nitrogens with zero attached hydrogens (tertiary/aromatic N) is 1. The smallest absolute Gasteiger partial charge is 0.328 e. The molecule has 0 radical (unpaired) electrons. The highest BCUT2D eigenvalue weighted by molar-refractivity contribution is 7.14. The van der Waals surface area contributed by atoms with Crippen molar-refractivity contribution >= 4 is 29.3 Å². The molecule has 5 nitrogen and oxygen atoms in total. The molecule has 1 atom stereocenters.